The van der Waals surface area contributed by atoms with Crippen molar-refractivity contribution in [2.75, 3.05) is 6.79 Å². The lowest BCUT2D eigenvalue weighted by Crippen LogP contribution is -1.93. The molecule has 4 heteroatoms. The van der Waals surface area contributed by atoms with Crippen molar-refractivity contribution >= 4 is 24.0 Å². The minimum Gasteiger partial charge on any atom is -0.454 e. The Hall–Kier alpha value is -1.48. The van der Waals surface area contributed by atoms with Crippen LogP contribution in [0.25, 0.3) is 6.08 Å². The molecular weight excluding hydrogens is 204 g/mol. The summed E-state index contributed by atoms with van der Waals surface area (Å²) in [6, 6.07) is 3.49. The lowest BCUT2D eigenvalue weighted by Gasteiger charge is -2.00. The standard InChI is InChI=1S/C10H7ClO3/c11-8-4-7(2-1-3-12)5-9-10(8)14-6-13-9/h1-5H,6H2/b2-1+. The molecule has 0 saturated carbocycles. The number of carbonyl (C=O) groups is 1. The molecule has 1 aromatic rings. The van der Waals surface area contributed by atoms with Crippen molar-refractivity contribution in [3.8, 4) is 11.5 Å². The predicted octanol–water partition coefficient (Wildman–Crippen LogP) is 2.28. The lowest BCUT2D eigenvalue weighted by molar-refractivity contribution is -0.104. The molecule has 0 unspecified atom stereocenters. The lowest BCUT2D eigenvalue weighted by atomic mass is 10.2. The Balaban J connectivity index is 2.41. The molecule has 1 heterocycles. The molecule has 1 aliphatic heterocycles. The number of aldehydes is 1. The zero-order chi connectivity index (χ0) is 9.97. The van der Waals surface area contributed by atoms with Gasteiger partial charge in [0.1, 0.15) is 6.29 Å². The molecule has 2 rings (SSSR count). The van der Waals surface area contributed by atoms with Crippen molar-refractivity contribution in [2.45, 2.75) is 0 Å². The second-order valence-corrected chi connectivity index (χ2v) is 3.14. The predicted molar refractivity (Wildman–Crippen MR) is 52.7 cm³/mol. The van der Waals surface area contributed by atoms with Crippen LogP contribution >= 0.6 is 11.6 Å². The third-order valence-corrected chi connectivity index (χ3v) is 2.10. The van der Waals surface area contributed by atoms with Gasteiger partial charge in [-0.3, -0.25) is 4.79 Å². The molecule has 1 aliphatic rings. The Bertz CT molecular complexity index is 399. The van der Waals surface area contributed by atoms with Crippen LogP contribution in [0.5, 0.6) is 11.5 Å². The quantitative estimate of drug-likeness (QED) is 0.555. The van der Waals surface area contributed by atoms with E-state index < -0.39 is 0 Å². The van der Waals surface area contributed by atoms with Gasteiger partial charge in [-0.25, -0.2) is 0 Å². The molecule has 0 aromatic heterocycles. The molecular formula is C10H7ClO3. The van der Waals surface area contributed by atoms with E-state index in [0.29, 0.717) is 22.8 Å². The summed E-state index contributed by atoms with van der Waals surface area (Å²) in [5.74, 6) is 1.18. The van der Waals surface area contributed by atoms with Gasteiger partial charge in [0, 0.05) is 0 Å². The van der Waals surface area contributed by atoms with Gasteiger partial charge in [0.15, 0.2) is 11.5 Å². The molecule has 0 radical (unpaired) electrons. The van der Waals surface area contributed by atoms with E-state index in [4.69, 9.17) is 21.1 Å². The number of ether oxygens (including phenoxy) is 2. The zero-order valence-electron chi connectivity index (χ0n) is 7.20. The van der Waals surface area contributed by atoms with Crippen molar-refractivity contribution in [1.82, 2.24) is 0 Å². The van der Waals surface area contributed by atoms with Gasteiger partial charge in [-0.05, 0) is 23.8 Å². The average Bonchev–Trinajstić information content (AvgIpc) is 2.63. The van der Waals surface area contributed by atoms with Crippen LogP contribution in [-0.2, 0) is 4.79 Å². The van der Waals surface area contributed by atoms with Gasteiger partial charge in [-0.15, -0.1) is 0 Å². The van der Waals surface area contributed by atoms with E-state index in [1.54, 1.807) is 18.2 Å². The Kier molecular flexibility index (Phi) is 2.41. The molecule has 14 heavy (non-hydrogen) atoms. The molecule has 0 saturated heterocycles. The first-order valence-corrected chi connectivity index (χ1v) is 4.40. The molecule has 0 aliphatic carbocycles. The molecule has 0 atom stereocenters. The molecule has 0 fully saturated rings. The van der Waals surface area contributed by atoms with E-state index >= 15 is 0 Å². The zero-order valence-corrected chi connectivity index (χ0v) is 7.95. The summed E-state index contributed by atoms with van der Waals surface area (Å²) in [4.78, 5) is 10.1. The van der Waals surface area contributed by atoms with E-state index in [-0.39, 0.29) is 6.79 Å². The van der Waals surface area contributed by atoms with Gasteiger partial charge in [0.25, 0.3) is 0 Å². The molecule has 0 N–H and O–H groups in total. The largest absolute Gasteiger partial charge is 0.454 e. The summed E-state index contributed by atoms with van der Waals surface area (Å²) in [5, 5.41) is 0.491. The first kappa shape index (κ1) is 9.09. The Morgan fingerprint density at radius 3 is 3.00 bits per heavy atom. The Morgan fingerprint density at radius 1 is 1.36 bits per heavy atom. The fourth-order valence-electron chi connectivity index (χ4n) is 1.23. The van der Waals surface area contributed by atoms with Crippen LogP contribution in [0.1, 0.15) is 5.56 Å². The number of halogens is 1. The second-order valence-electron chi connectivity index (χ2n) is 2.73. The van der Waals surface area contributed by atoms with E-state index in [1.165, 1.54) is 6.08 Å². The van der Waals surface area contributed by atoms with E-state index in [0.717, 1.165) is 5.56 Å². The molecule has 72 valence electrons. The van der Waals surface area contributed by atoms with Crippen molar-refractivity contribution in [1.29, 1.82) is 0 Å². The monoisotopic (exact) mass is 210 g/mol. The average molecular weight is 211 g/mol. The minimum absolute atomic E-state index is 0.190. The van der Waals surface area contributed by atoms with E-state index in [2.05, 4.69) is 0 Å². The fraction of sp³-hybridized carbons (Fsp3) is 0.100. The maximum atomic E-state index is 10.1. The van der Waals surface area contributed by atoms with Crippen LogP contribution in [0.4, 0.5) is 0 Å². The number of carbonyl (C=O) groups excluding carboxylic acids is 1. The third-order valence-electron chi connectivity index (χ3n) is 1.82. The van der Waals surface area contributed by atoms with Crippen LogP contribution in [0.15, 0.2) is 18.2 Å². The Labute approximate surface area is 85.9 Å². The van der Waals surface area contributed by atoms with Crippen molar-refractivity contribution in [2.24, 2.45) is 0 Å². The highest BCUT2D eigenvalue weighted by molar-refractivity contribution is 6.32. The second kappa shape index (κ2) is 3.72. The van der Waals surface area contributed by atoms with Crippen LogP contribution in [-0.4, -0.2) is 13.1 Å². The highest BCUT2D eigenvalue weighted by Crippen LogP contribution is 2.39. The fourth-order valence-corrected chi connectivity index (χ4v) is 1.51. The van der Waals surface area contributed by atoms with Gasteiger partial charge in [-0.2, -0.15) is 0 Å². The van der Waals surface area contributed by atoms with Crippen molar-refractivity contribution < 1.29 is 14.3 Å². The summed E-state index contributed by atoms with van der Waals surface area (Å²) in [6.45, 7) is 0.190. The summed E-state index contributed by atoms with van der Waals surface area (Å²) in [5.41, 5.74) is 0.811. The van der Waals surface area contributed by atoms with Crippen LogP contribution in [0.2, 0.25) is 5.02 Å². The molecule has 1 aromatic carbocycles. The topological polar surface area (TPSA) is 35.5 Å². The van der Waals surface area contributed by atoms with Gasteiger partial charge in [0.05, 0.1) is 5.02 Å². The number of rotatable bonds is 2. The maximum absolute atomic E-state index is 10.1. The van der Waals surface area contributed by atoms with Gasteiger partial charge >= 0.3 is 0 Å². The number of benzene rings is 1. The Morgan fingerprint density at radius 2 is 2.21 bits per heavy atom. The van der Waals surface area contributed by atoms with Crippen LogP contribution < -0.4 is 9.47 Å². The molecule has 0 amide bonds. The number of hydrogen-bond donors (Lipinski definition) is 0. The highest BCUT2D eigenvalue weighted by atomic mass is 35.5. The number of fused-ring (bicyclic) bond motifs is 1. The van der Waals surface area contributed by atoms with Gasteiger partial charge in [-0.1, -0.05) is 17.7 Å². The first-order chi connectivity index (χ1) is 6.81. The van der Waals surface area contributed by atoms with Crippen LogP contribution in [0, 0.1) is 0 Å². The maximum Gasteiger partial charge on any atom is 0.231 e. The smallest absolute Gasteiger partial charge is 0.231 e. The summed E-state index contributed by atoms with van der Waals surface area (Å²) >= 11 is 5.93. The third kappa shape index (κ3) is 1.59. The number of hydrogen-bond acceptors (Lipinski definition) is 3. The summed E-state index contributed by atoms with van der Waals surface area (Å²) in [6.07, 6.45) is 3.76. The van der Waals surface area contributed by atoms with Gasteiger partial charge < -0.3 is 9.47 Å². The minimum atomic E-state index is 0.190. The normalized spacial score (nSPS) is 13.5. The molecule has 3 nitrogen and oxygen atoms in total. The van der Waals surface area contributed by atoms with Gasteiger partial charge in [0.2, 0.25) is 6.79 Å². The van der Waals surface area contributed by atoms with E-state index in [1.807, 2.05) is 0 Å². The first-order valence-electron chi connectivity index (χ1n) is 4.02. The molecule has 0 spiro atoms. The molecule has 0 bridgehead atoms. The van der Waals surface area contributed by atoms with Crippen molar-refractivity contribution in [3.05, 3.63) is 28.8 Å². The number of allylic oxidation sites excluding steroid dienone is 1. The summed E-state index contributed by atoms with van der Waals surface area (Å²) in [7, 11) is 0. The van der Waals surface area contributed by atoms with Crippen LogP contribution in [0.3, 0.4) is 0 Å². The van der Waals surface area contributed by atoms with Crippen molar-refractivity contribution in [3.63, 3.8) is 0 Å². The van der Waals surface area contributed by atoms with E-state index in [9.17, 15) is 4.79 Å². The highest BCUT2D eigenvalue weighted by Gasteiger charge is 2.17. The summed E-state index contributed by atoms with van der Waals surface area (Å²) < 4.78 is 10.3. The SMILES string of the molecule is O=C/C=C/c1cc(Cl)c2c(c1)OCO2.